The fourth-order valence-corrected chi connectivity index (χ4v) is 5.05. The molecule has 0 atom stereocenters. The maximum Gasteiger partial charge on any atom is 0.264 e. The number of para-hydroxylation sites is 1. The van der Waals surface area contributed by atoms with Gasteiger partial charge >= 0.3 is 0 Å². The van der Waals surface area contributed by atoms with Crippen molar-refractivity contribution in [3.63, 3.8) is 0 Å². The molecule has 3 aromatic rings. The van der Waals surface area contributed by atoms with Crippen LogP contribution in [0.3, 0.4) is 0 Å². The van der Waals surface area contributed by atoms with Gasteiger partial charge in [-0.3, -0.25) is 9.10 Å². The zero-order valence-corrected chi connectivity index (χ0v) is 20.0. The Kier molecular flexibility index (Phi) is 7.40. The number of carbonyl (C=O) groups excluding carboxylic acids is 1. The molecular weight excluding hydrogens is 473 g/mol. The number of amides is 1. The summed E-state index contributed by atoms with van der Waals surface area (Å²) in [6.45, 7) is 0.962. The number of hydrogen-bond acceptors (Lipinski definition) is 6. The molecule has 10 heteroatoms. The Labute approximate surface area is 203 Å². The second-order valence-electron chi connectivity index (χ2n) is 7.90. The molecule has 1 aliphatic heterocycles. The second-order valence-corrected chi connectivity index (χ2v) is 9.77. The van der Waals surface area contributed by atoms with Gasteiger partial charge < -0.3 is 19.7 Å². The average molecular weight is 500 g/mol. The van der Waals surface area contributed by atoms with Crippen LogP contribution in [-0.2, 0) is 14.8 Å². The van der Waals surface area contributed by atoms with Crippen LogP contribution in [0.2, 0.25) is 0 Å². The third-order valence-corrected chi connectivity index (χ3v) is 7.22. The molecular formula is C25H26FN3O5S. The highest BCUT2D eigenvalue weighted by Crippen LogP contribution is 2.34. The predicted molar refractivity (Wildman–Crippen MR) is 131 cm³/mol. The van der Waals surface area contributed by atoms with Crippen molar-refractivity contribution in [3.05, 3.63) is 78.6 Å². The zero-order valence-electron chi connectivity index (χ0n) is 19.2. The van der Waals surface area contributed by atoms with E-state index in [2.05, 4.69) is 5.32 Å². The molecule has 1 amide bonds. The minimum absolute atomic E-state index is 0.0384. The van der Waals surface area contributed by atoms with E-state index in [0.29, 0.717) is 37.8 Å². The topological polar surface area (TPSA) is 88.2 Å². The third kappa shape index (κ3) is 5.83. The maximum atomic E-state index is 14.0. The molecule has 0 unspecified atom stereocenters. The van der Waals surface area contributed by atoms with Crippen LogP contribution in [0.5, 0.6) is 11.5 Å². The van der Waals surface area contributed by atoms with Crippen molar-refractivity contribution in [1.29, 1.82) is 0 Å². The van der Waals surface area contributed by atoms with E-state index < -0.39 is 28.3 Å². The van der Waals surface area contributed by atoms with Crippen LogP contribution in [0.15, 0.2) is 77.7 Å². The molecule has 1 heterocycles. The molecule has 1 N–H and O–H groups in total. The SMILES string of the molecule is CN(CCNC(=O)CN(c1cccc(F)c1)S(=O)(=O)c1ccc2c(c1)OCCO2)c1ccccc1. The highest BCUT2D eigenvalue weighted by Gasteiger charge is 2.29. The summed E-state index contributed by atoms with van der Waals surface area (Å²) >= 11 is 0. The van der Waals surface area contributed by atoms with Gasteiger partial charge in [-0.25, -0.2) is 12.8 Å². The van der Waals surface area contributed by atoms with E-state index in [1.807, 2.05) is 42.3 Å². The van der Waals surface area contributed by atoms with Crippen LogP contribution in [0.25, 0.3) is 0 Å². The van der Waals surface area contributed by atoms with Crippen molar-refractivity contribution in [2.24, 2.45) is 0 Å². The smallest absolute Gasteiger partial charge is 0.264 e. The Hall–Kier alpha value is -3.79. The number of benzene rings is 3. The van der Waals surface area contributed by atoms with Crippen molar-refractivity contribution >= 4 is 27.3 Å². The molecule has 3 aromatic carbocycles. The van der Waals surface area contributed by atoms with Gasteiger partial charge in [0.2, 0.25) is 5.91 Å². The Morgan fingerprint density at radius 3 is 2.40 bits per heavy atom. The van der Waals surface area contributed by atoms with Gasteiger partial charge in [-0.15, -0.1) is 0 Å². The van der Waals surface area contributed by atoms with E-state index in [1.54, 1.807) is 0 Å². The first-order valence-electron chi connectivity index (χ1n) is 11.1. The number of nitrogens with zero attached hydrogens (tertiary/aromatic N) is 2. The van der Waals surface area contributed by atoms with Crippen molar-refractivity contribution in [3.8, 4) is 11.5 Å². The summed E-state index contributed by atoms with van der Waals surface area (Å²) in [5, 5.41) is 2.75. The Balaban J connectivity index is 1.51. The minimum Gasteiger partial charge on any atom is -0.486 e. The molecule has 1 aliphatic rings. The Morgan fingerprint density at radius 1 is 0.943 bits per heavy atom. The van der Waals surface area contributed by atoms with Crippen LogP contribution in [0.4, 0.5) is 15.8 Å². The number of anilines is 2. The fourth-order valence-electron chi connectivity index (χ4n) is 3.62. The first kappa shape index (κ1) is 24.3. The van der Waals surface area contributed by atoms with E-state index in [-0.39, 0.29) is 10.6 Å². The summed E-state index contributed by atoms with van der Waals surface area (Å²) in [5.74, 6) is -0.399. The number of carbonyl (C=O) groups is 1. The number of halogens is 1. The van der Waals surface area contributed by atoms with E-state index in [4.69, 9.17) is 9.47 Å². The lowest BCUT2D eigenvalue weighted by atomic mass is 10.3. The number of likely N-dealkylation sites (N-methyl/N-ethyl adjacent to an activating group) is 1. The normalized spacial score (nSPS) is 12.6. The van der Waals surface area contributed by atoms with Crippen LogP contribution in [0.1, 0.15) is 0 Å². The summed E-state index contributed by atoms with van der Waals surface area (Å²) in [5.41, 5.74) is 1.03. The van der Waals surface area contributed by atoms with Gasteiger partial charge in [0.15, 0.2) is 11.5 Å². The van der Waals surface area contributed by atoms with Gasteiger partial charge in [0, 0.05) is 31.9 Å². The average Bonchev–Trinajstić information content (AvgIpc) is 2.87. The standard InChI is InChI=1S/C25H26FN3O5S/c1-28(20-7-3-2-4-8-20)13-12-27-25(30)18-29(21-9-5-6-19(26)16-21)35(31,32)22-10-11-23-24(17-22)34-15-14-33-23/h2-11,16-17H,12-15,18H2,1H3,(H,27,30). The largest absolute Gasteiger partial charge is 0.486 e. The number of rotatable bonds is 9. The molecule has 0 radical (unpaired) electrons. The number of hydrogen-bond donors (Lipinski definition) is 1. The molecule has 0 spiro atoms. The monoisotopic (exact) mass is 499 g/mol. The van der Waals surface area contributed by atoms with Crippen LogP contribution < -0.4 is 24.0 Å². The lowest BCUT2D eigenvalue weighted by Gasteiger charge is -2.25. The lowest BCUT2D eigenvalue weighted by Crippen LogP contribution is -2.42. The van der Waals surface area contributed by atoms with E-state index in [0.717, 1.165) is 16.1 Å². The third-order valence-electron chi connectivity index (χ3n) is 5.45. The fraction of sp³-hybridized carbons (Fsp3) is 0.240. The molecule has 4 rings (SSSR count). The van der Waals surface area contributed by atoms with Crippen molar-refractivity contribution in [2.45, 2.75) is 4.90 Å². The maximum absolute atomic E-state index is 14.0. The van der Waals surface area contributed by atoms with Crippen LogP contribution in [0, 0.1) is 5.82 Å². The highest BCUT2D eigenvalue weighted by molar-refractivity contribution is 7.92. The first-order chi connectivity index (χ1) is 16.8. The molecule has 8 nitrogen and oxygen atoms in total. The van der Waals surface area contributed by atoms with Gasteiger partial charge in [0.05, 0.1) is 10.6 Å². The molecule has 35 heavy (non-hydrogen) atoms. The molecule has 0 bridgehead atoms. The molecule has 0 aliphatic carbocycles. The summed E-state index contributed by atoms with van der Waals surface area (Å²) in [4.78, 5) is 14.6. The molecule has 0 fully saturated rings. The van der Waals surface area contributed by atoms with E-state index in [1.165, 1.54) is 36.4 Å². The predicted octanol–water partition coefficient (Wildman–Crippen LogP) is 3.04. The summed E-state index contributed by atoms with van der Waals surface area (Å²) in [6.07, 6.45) is 0. The Morgan fingerprint density at radius 2 is 1.66 bits per heavy atom. The summed E-state index contributed by atoms with van der Waals surface area (Å²) < 4.78 is 52.9. The number of sulfonamides is 1. The van der Waals surface area contributed by atoms with E-state index >= 15 is 0 Å². The lowest BCUT2D eigenvalue weighted by molar-refractivity contribution is -0.119. The number of nitrogens with one attached hydrogen (secondary N) is 1. The molecule has 0 saturated carbocycles. The summed E-state index contributed by atoms with van der Waals surface area (Å²) in [6, 6.07) is 19.0. The van der Waals surface area contributed by atoms with Gasteiger partial charge in [0.1, 0.15) is 25.6 Å². The van der Waals surface area contributed by atoms with Crippen molar-refractivity contribution in [2.75, 3.05) is 49.1 Å². The molecule has 0 aromatic heterocycles. The van der Waals surface area contributed by atoms with Gasteiger partial charge in [0.25, 0.3) is 10.0 Å². The van der Waals surface area contributed by atoms with Crippen molar-refractivity contribution < 1.29 is 27.1 Å². The van der Waals surface area contributed by atoms with Crippen LogP contribution in [-0.4, -0.2) is 54.2 Å². The minimum atomic E-state index is -4.22. The quantitative estimate of drug-likeness (QED) is 0.487. The number of fused-ring (bicyclic) bond motifs is 1. The van der Waals surface area contributed by atoms with Crippen molar-refractivity contribution in [1.82, 2.24) is 5.32 Å². The molecule has 184 valence electrons. The van der Waals surface area contributed by atoms with Gasteiger partial charge in [-0.05, 0) is 42.5 Å². The van der Waals surface area contributed by atoms with Gasteiger partial charge in [-0.2, -0.15) is 0 Å². The first-order valence-corrected chi connectivity index (χ1v) is 12.5. The zero-order chi connectivity index (χ0) is 24.8. The number of ether oxygens (including phenoxy) is 2. The second kappa shape index (κ2) is 10.6. The van der Waals surface area contributed by atoms with Gasteiger partial charge in [-0.1, -0.05) is 24.3 Å². The summed E-state index contributed by atoms with van der Waals surface area (Å²) in [7, 11) is -2.33. The van der Waals surface area contributed by atoms with E-state index in [9.17, 15) is 17.6 Å². The van der Waals surface area contributed by atoms with Crippen LogP contribution >= 0.6 is 0 Å². The highest BCUT2D eigenvalue weighted by atomic mass is 32.2. The molecule has 0 saturated heterocycles. The Bertz CT molecular complexity index is 1290.